The molecule has 0 radical (unpaired) electrons. The van der Waals surface area contributed by atoms with Crippen LogP contribution in [-0.4, -0.2) is 35.2 Å². The summed E-state index contributed by atoms with van der Waals surface area (Å²) in [7, 11) is 0. The fourth-order valence-corrected chi connectivity index (χ4v) is 4.18. The number of fused-ring (bicyclic) bond motifs is 1. The maximum absolute atomic E-state index is 12.9. The lowest BCUT2D eigenvalue weighted by molar-refractivity contribution is -0.139. The molecule has 1 atom stereocenters. The van der Waals surface area contributed by atoms with Gasteiger partial charge in [-0.1, -0.05) is 30.3 Å². The molecule has 7 nitrogen and oxygen atoms in total. The van der Waals surface area contributed by atoms with Crippen molar-refractivity contribution in [3.05, 3.63) is 75.6 Å². The Morgan fingerprint density at radius 2 is 1.85 bits per heavy atom. The van der Waals surface area contributed by atoms with Gasteiger partial charge in [0.1, 0.15) is 23.0 Å². The van der Waals surface area contributed by atoms with Gasteiger partial charge in [-0.15, -0.1) is 0 Å². The molecule has 1 aliphatic heterocycles. The van der Waals surface area contributed by atoms with Gasteiger partial charge in [0.25, 0.3) is 0 Å². The lowest BCUT2D eigenvalue weighted by Gasteiger charge is -2.27. The van der Waals surface area contributed by atoms with E-state index in [-0.39, 0.29) is 5.75 Å². The van der Waals surface area contributed by atoms with Gasteiger partial charge in [-0.25, -0.2) is 14.4 Å². The summed E-state index contributed by atoms with van der Waals surface area (Å²) in [5, 5.41) is 0.779. The van der Waals surface area contributed by atoms with Gasteiger partial charge in [-0.05, 0) is 63.8 Å². The smallest absolute Gasteiger partial charge is 0.411 e. The zero-order valence-electron chi connectivity index (χ0n) is 19.9. The summed E-state index contributed by atoms with van der Waals surface area (Å²) in [5.74, 6) is -0.283. The van der Waals surface area contributed by atoms with Gasteiger partial charge in [0, 0.05) is 30.0 Å². The lowest BCUT2D eigenvalue weighted by atomic mass is 10.00. The molecule has 3 aromatic rings. The van der Waals surface area contributed by atoms with Crippen LogP contribution in [0.1, 0.15) is 50.3 Å². The van der Waals surface area contributed by atoms with Crippen LogP contribution in [0.4, 0.5) is 4.79 Å². The molecule has 0 saturated carbocycles. The highest BCUT2D eigenvalue weighted by molar-refractivity contribution is 5.86. The number of carbonyl (C=O) groups excluding carboxylic acids is 2. The quantitative estimate of drug-likeness (QED) is 0.308. The minimum absolute atomic E-state index is 0.256. The maximum atomic E-state index is 12.9. The van der Waals surface area contributed by atoms with Crippen molar-refractivity contribution in [2.75, 3.05) is 6.54 Å². The Hall–Kier alpha value is -3.61. The number of amides is 1. The summed E-state index contributed by atoms with van der Waals surface area (Å²) in [5.41, 5.74) is 1.74. The number of carbonyl (C=O) groups is 2. The molecule has 7 heteroatoms. The van der Waals surface area contributed by atoms with Gasteiger partial charge >= 0.3 is 17.7 Å². The van der Waals surface area contributed by atoms with Crippen LogP contribution in [0.5, 0.6) is 5.75 Å². The third kappa shape index (κ3) is 5.14. The van der Waals surface area contributed by atoms with Gasteiger partial charge in [0.05, 0.1) is 0 Å². The number of rotatable bonds is 4. The van der Waals surface area contributed by atoms with E-state index in [0.717, 1.165) is 16.5 Å². The van der Waals surface area contributed by atoms with E-state index in [1.54, 1.807) is 39.0 Å². The van der Waals surface area contributed by atoms with Crippen molar-refractivity contribution in [3.8, 4) is 5.75 Å². The molecule has 0 N–H and O–H groups in total. The highest BCUT2D eigenvalue weighted by Crippen LogP contribution is 2.27. The number of aryl methyl sites for hydroxylation is 1. The van der Waals surface area contributed by atoms with Crippen LogP contribution in [0.25, 0.3) is 11.0 Å². The number of hydrogen-bond acceptors (Lipinski definition) is 6. The first-order chi connectivity index (χ1) is 16.1. The van der Waals surface area contributed by atoms with Gasteiger partial charge in [-0.2, -0.15) is 0 Å². The predicted molar refractivity (Wildman–Crippen MR) is 128 cm³/mol. The summed E-state index contributed by atoms with van der Waals surface area (Å²) >= 11 is 0. The molecule has 34 heavy (non-hydrogen) atoms. The van der Waals surface area contributed by atoms with Crippen LogP contribution < -0.4 is 10.4 Å². The fraction of sp³-hybridized carbons (Fsp3) is 0.370. The zero-order valence-corrected chi connectivity index (χ0v) is 19.9. The van der Waals surface area contributed by atoms with Crippen LogP contribution in [0, 0.1) is 6.92 Å². The van der Waals surface area contributed by atoms with Crippen LogP contribution in [0.3, 0.4) is 0 Å². The highest BCUT2D eigenvalue weighted by Gasteiger charge is 2.38. The predicted octanol–water partition coefficient (Wildman–Crippen LogP) is 5.00. The van der Waals surface area contributed by atoms with Crippen molar-refractivity contribution in [3.63, 3.8) is 0 Å². The van der Waals surface area contributed by atoms with Gasteiger partial charge in [-0.3, -0.25) is 4.90 Å². The molecule has 1 aliphatic rings. The first-order valence-electron chi connectivity index (χ1n) is 11.4. The summed E-state index contributed by atoms with van der Waals surface area (Å²) in [6.45, 7) is 7.67. The largest absolute Gasteiger partial charge is 0.444 e. The Labute approximate surface area is 198 Å². The van der Waals surface area contributed by atoms with Crippen LogP contribution >= 0.6 is 0 Å². The van der Waals surface area contributed by atoms with E-state index in [2.05, 4.69) is 0 Å². The standard InChI is InChI=1S/C27H29NO6/c1-17-20-13-12-19(16-23(20)33-24(29)21(17)15-18-9-6-5-7-10-18)32-25(30)22-11-8-14-28(22)26(31)34-27(2,3)4/h5-7,9-10,12-13,16,22H,8,11,14-15H2,1-4H3/t22-/m1/s1. The van der Waals surface area contributed by atoms with Crippen molar-refractivity contribution < 1.29 is 23.5 Å². The minimum Gasteiger partial charge on any atom is -0.444 e. The molecule has 0 bridgehead atoms. The Morgan fingerprint density at radius 3 is 2.56 bits per heavy atom. The Balaban J connectivity index is 1.54. The first-order valence-corrected chi connectivity index (χ1v) is 11.4. The molecule has 2 heterocycles. The summed E-state index contributed by atoms with van der Waals surface area (Å²) in [6.07, 6.45) is 1.14. The molecule has 0 aliphatic carbocycles. The number of esters is 1. The van der Waals surface area contributed by atoms with Gasteiger partial charge < -0.3 is 13.9 Å². The molecule has 1 aromatic heterocycles. The zero-order chi connectivity index (χ0) is 24.5. The molecule has 0 spiro atoms. The molecule has 1 amide bonds. The topological polar surface area (TPSA) is 86.0 Å². The second-order valence-electron chi connectivity index (χ2n) is 9.57. The fourth-order valence-electron chi connectivity index (χ4n) is 4.18. The molecule has 0 unspecified atom stereocenters. The number of ether oxygens (including phenoxy) is 2. The lowest BCUT2D eigenvalue weighted by Crippen LogP contribution is -2.44. The van der Waals surface area contributed by atoms with Crippen molar-refractivity contribution in [2.24, 2.45) is 0 Å². The Morgan fingerprint density at radius 1 is 1.12 bits per heavy atom. The monoisotopic (exact) mass is 463 g/mol. The Bertz CT molecular complexity index is 1270. The molecule has 1 saturated heterocycles. The third-order valence-electron chi connectivity index (χ3n) is 5.85. The summed E-state index contributed by atoms with van der Waals surface area (Å²) in [6, 6.07) is 14.0. The molecule has 4 rings (SSSR count). The van der Waals surface area contributed by atoms with Crippen LogP contribution in [0.15, 0.2) is 57.7 Å². The average molecular weight is 464 g/mol. The van der Waals surface area contributed by atoms with E-state index >= 15 is 0 Å². The van der Waals surface area contributed by atoms with E-state index < -0.39 is 29.3 Å². The van der Waals surface area contributed by atoms with E-state index in [1.165, 1.54) is 4.90 Å². The van der Waals surface area contributed by atoms with E-state index in [1.807, 2.05) is 37.3 Å². The molecule has 1 fully saturated rings. The van der Waals surface area contributed by atoms with Crippen molar-refractivity contribution in [1.82, 2.24) is 4.90 Å². The number of likely N-dealkylation sites (tertiary alicyclic amines) is 1. The molecule has 2 aromatic carbocycles. The van der Waals surface area contributed by atoms with Crippen LogP contribution in [-0.2, 0) is 16.0 Å². The van der Waals surface area contributed by atoms with Crippen molar-refractivity contribution >= 4 is 23.0 Å². The SMILES string of the molecule is Cc1c(Cc2ccccc2)c(=O)oc2cc(OC(=O)[C@H]3CCCN3C(=O)OC(C)(C)C)ccc12. The average Bonchev–Trinajstić information content (AvgIpc) is 3.26. The van der Waals surface area contributed by atoms with Crippen molar-refractivity contribution in [1.29, 1.82) is 0 Å². The van der Waals surface area contributed by atoms with Gasteiger partial charge in [0.2, 0.25) is 0 Å². The summed E-state index contributed by atoms with van der Waals surface area (Å²) < 4.78 is 16.6. The van der Waals surface area contributed by atoms with Gasteiger partial charge in [0.15, 0.2) is 0 Å². The second kappa shape index (κ2) is 9.33. The summed E-state index contributed by atoms with van der Waals surface area (Å²) in [4.78, 5) is 39.5. The highest BCUT2D eigenvalue weighted by atomic mass is 16.6. The number of hydrogen-bond donors (Lipinski definition) is 0. The van der Waals surface area contributed by atoms with Crippen molar-refractivity contribution in [2.45, 2.75) is 58.6 Å². The minimum atomic E-state index is -0.715. The van der Waals surface area contributed by atoms with E-state index in [9.17, 15) is 14.4 Å². The molecule has 178 valence electrons. The van der Waals surface area contributed by atoms with Crippen LogP contribution in [0.2, 0.25) is 0 Å². The number of benzene rings is 2. The van der Waals surface area contributed by atoms with E-state index in [0.29, 0.717) is 37.0 Å². The first kappa shape index (κ1) is 23.5. The number of nitrogens with zero attached hydrogens (tertiary/aromatic N) is 1. The molecular weight excluding hydrogens is 434 g/mol. The van der Waals surface area contributed by atoms with E-state index in [4.69, 9.17) is 13.9 Å². The third-order valence-corrected chi connectivity index (χ3v) is 5.85. The maximum Gasteiger partial charge on any atom is 0.411 e. The second-order valence-corrected chi connectivity index (χ2v) is 9.57. The molecular formula is C27H29NO6. The normalized spacial score (nSPS) is 16.0. The Kier molecular flexibility index (Phi) is 6.46.